The number of ether oxygens (including phenoxy) is 1. The first-order chi connectivity index (χ1) is 10.3. The minimum absolute atomic E-state index is 0.182. The second-order valence-electron chi connectivity index (χ2n) is 5.17. The number of hydrogen-bond acceptors (Lipinski definition) is 4. The van der Waals surface area contributed by atoms with E-state index in [1.54, 1.807) is 12.1 Å². The van der Waals surface area contributed by atoms with Gasteiger partial charge in [0.2, 0.25) is 0 Å². The number of rotatable bonds is 4. The smallest absolute Gasteiger partial charge is 0.300 e. The molecular formula is C16H18N2O3. The molecule has 110 valence electrons. The average molecular weight is 286 g/mol. The van der Waals surface area contributed by atoms with Gasteiger partial charge in [-0.15, -0.1) is 0 Å². The van der Waals surface area contributed by atoms with E-state index in [-0.39, 0.29) is 12.4 Å². The Morgan fingerprint density at radius 3 is 2.81 bits per heavy atom. The van der Waals surface area contributed by atoms with Crippen LogP contribution in [0.3, 0.4) is 0 Å². The fraction of sp³-hybridized carbons (Fsp3) is 0.312. The van der Waals surface area contributed by atoms with Gasteiger partial charge in [0, 0.05) is 0 Å². The molecule has 5 nitrogen and oxygen atoms in total. The lowest BCUT2D eigenvalue weighted by molar-refractivity contribution is 0.0922. The topological polar surface area (TPSA) is 77.5 Å². The van der Waals surface area contributed by atoms with Gasteiger partial charge in [-0.05, 0) is 61.1 Å². The lowest BCUT2D eigenvalue weighted by Crippen LogP contribution is -2.29. The number of fused-ring (bicyclic) bond motifs is 1. The minimum Gasteiger partial charge on any atom is -0.486 e. The van der Waals surface area contributed by atoms with E-state index in [4.69, 9.17) is 15.0 Å². The van der Waals surface area contributed by atoms with Crippen LogP contribution in [0.25, 0.3) is 0 Å². The lowest BCUT2D eigenvalue weighted by atomic mass is 9.92. The van der Waals surface area contributed by atoms with E-state index in [2.05, 4.69) is 12.1 Å². The predicted octanol–water partition coefficient (Wildman–Crippen LogP) is 2.34. The third-order valence-electron chi connectivity index (χ3n) is 3.72. The molecular weight excluding hydrogens is 268 g/mol. The standard InChI is InChI=1S/C16H18N2O3/c17-18-16(19)15-8-7-14(21-15)10-20-13-6-5-11-3-1-2-4-12(11)9-13/h5-9H,1-4,10,17H2,(H,18,19). The van der Waals surface area contributed by atoms with Crippen LogP contribution in [0.15, 0.2) is 34.7 Å². The summed E-state index contributed by atoms with van der Waals surface area (Å²) in [4.78, 5) is 11.3. The number of carbonyl (C=O) groups is 1. The molecule has 0 unspecified atom stereocenters. The lowest BCUT2D eigenvalue weighted by Gasteiger charge is -2.16. The van der Waals surface area contributed by atoms with Gasteiger partial charge in [0.15, 0.2) is 5.76 Å². The van der Waals surface area contributed by atoms with Crippen LogP contribution in [-0.4, -0.2) is 5.91 Å². The molecule has 0 radical (unpaired) electrons. The number of amides is 1. The normalized spacial score (nSPS) is 13.6. The number of nitrogen functional groups attached to an aromatic ring is 1. The molecule has 3 rings (SSSR count). The monoisotopic (exact) mass is 286 g/mol. The van der Waals surface area contributed by atoms with Crippen LogP contribution in [0.2, 0.25) is 0 Å². The Morgan fingerprint density at radius 1 is 1.19 bits per heavy atom. The maximum Gasteiger partial charge on any atom is 0.300 e. The highest BCUT2D eigenvalue weighted by Gasteiger charge is 2.12. The fourth-order valence-corrected chi connectivity index (χ4v) is 2.60. The van der Waals surface area contributed by atoms with Crippen LogP contribution in [0.5, 0.6) is 5.75 Å². The largest absolute Gasteiger partial charge is 0.486 e. The third kappa shape index (κ3) is 3.08. The summed E-state index contributed by atoms with van der Waals surface area (Å²) < 4.78 is 11.1. The zero-order valence-electron chi connectivity index (χ0n) is 11.7. The molecule has 0 saturated carbocycles. The van der Waals surface area contributed by atoms with Crippen LogP contribution in [0.4, 0.5) is 0 Å². The van der Waals surface area contributed by atoms with Gasteiger partial charge in [0.05, 0.1) is 0 Å². The molecule has 0 fully saturated rings. The summed E-state index contributed by atoms with van der Waals surface area (Å²) in [5.74, 6) is 6.20. The zero-order chi connectivity index (χ0) is 14.7. The van der Waals surface area contributed by atoms with Crippen molar-refractivity contribution >= 4 is 5.91 Å². The second-order valence-corrected chi connectivity index (χ2v) is 5.17. The molecule has 1 aliphatic carbocycles. The van der Waals surface area contributed by atoms with Crippen molar-refractivity contribution in [3.8, 4) is 5.75 Å². The number of benzene rings is 1. The van der Waals surface area contributed by atoms with Gasteiger partial charge in [0.25, 0.3) is 0 Å². The zero-order valence-corrected chi connectivity index (χ0v) is 11.7. The summed E-state index contributed by atoms with van der Waals surface area (Å²) in [5.41, 5.74) is 4.83. The number of hydrogen-bond donors (Lipinski definition) is 2. The van der Waals surface area contributed by atoms with E-state index < -0.39 is 5.91 Å². The molecule has 0 aliphatic heterocycles. The first-order valence-corrected chi connectivity index (χ1v) is 7.10. The molecule has 0 atom stereocenters. The van der Waals surface area contributed by atoms with Crippen molar-refractivity contribution in [3.63, 3.8) is 0 Å². The highest BCUT2D eigenvalue weighted by atomic mass is 16.5. The molecule has 0 bridgehead atoms. The molecule has 2 aromatic rings. The summed E-state index contributed by atoms with van der Waals surface area (Å²) >= 11 is 0. The van der Waals surface area contributed by atoms with Gasteiger partial charge in [-0.25, -0.2) is 5.84 Å². The summed E-state index contributed by atoms with van der Waals surface area (Å²) in [6.45, 7) is 0.288. The van der Waals surface area contributed by atoms with Crippen molar-refractivity contribution in [3.05, 3.63) is 53.0 Å². The van der Waals surface area contributed by atoms with E-state index >= 15 is 0 Å². The van der Waals surface area contributed by atoms with Crippen molar-refractivity contribution in [2.24, 2.45) is 5.84 Å². The highest BCUT2D eigenvalue weighted by molar-refractivity contribution is 5.90. The number of nitrogens with two attached hydrogens (primary N) is 1. The van der Waals surface area contributed by atoms with Crippen molar-refractivity contribution < 1.29 is 13.9 Å². The molecule has 0 spiro atoms. The van der Waals surface area contributed by atoms with Gasteiger partial charge in [-0.2, -0.15) is 0 Å². The Morgan fingerprint density at radius 2 is 2.00 bits per heavy atom. The van der Waals surface area contributed by atoms with E-state index in [9.17, 15) is 4.79 Å². The summed E-state index contributed by atoms with van der Waals surface area (Å²) in [6, 6.07) is 9.52. The first-order valence-electron chi connectivity index (χ1n) is 7.10. The summed E-state index contributed by atoms with van der Waals surface area (Å²) in [7, 11) is 0. The van der Waals surface area contributed by atoms with Crippen LogP contribution in [0.1, 0.15) is 40.3 Å². The van der Waals surface area contributed by atoms with Crippen LogP contribution >= 0.6 is 0 Å². The molecule has 1 heterocycles. The summed E-state index contributed by atoms with van der Waals surface area (Å²) in [6.07, 6.45) is 4.79. The van der Waals surface area contributed by atoms with Crippen LogP contribution < -0.4 is 16.0 Å². The summed E-state index contributed by atoms with van der Waals surface area (Å²) in [5, 5.41) is 0. The highest BCUT2D eigenvalue weighted by Crippen LogP contribution is 2.25. The van der Waals surface area contributed by atoms with Gasteiger partial charge < -0.3 is 9.15 Å². The molecule has 5 heteroatoms. The van der Waals surface area contributed by atoms with Crippen molar-refractivity contribution in [1.29, 1.82) is 0 Å². The van der Waals surface area contributed by atoms with E-state index in [0.29, 0.717) is 5.76 Å². The predicted molar refractivity (Wildman–Crippen MR) is 77.8 cm³/mol. The Hall–Kier alpha value is -2.27. The quantitative estimate of drug-likeness (QED) is 0.514. The Balaban J connectivity index is 1.65. The number of furan rings is 1. The molecule has 3 N–H and O–H groups in total. The Labute approximate surface area is 123 Å². The number of hydrazine groups is 1. The van der Waals surface area contributed by atoms with Crippen molar-refractivity contribution in [1.82, 2.24) is 5.43 Å². The van der Waals surface area contributed by atoms with Crippen LogP contribution in [0, 0.1) is 0 Å². The third-order valence-corrected chi connectivity index (χ3v) is 3.72. The molecule has 1 amide bonds. The maximum atomic E-state index is 11.3. The van der Waals surface area contributed by atoms with E-state index in [1.165, 1.54) is 24.0 Å². The van der Waals surface area contributed by atoms with Crippen molar-refractivity contribution in [2.45, 2.75) is 32.3 Å². The van der Waals surface area contributed by atoms with Gasteiger partial charge >= 0.3 is 5.91 Å². The SMILES string of the molecule is NNC(=O)c1ccc(COc2ccc3c(c2)CCCC3)o1. The Bertz CT molecular complexity index is 649. The van der Waals surface area contributed by atoms with Gasteiger partial charge in [0.1, 0.15) is 18.1 Å². The minimum atomic E-state index is -0.449. The first kappa shape index (κ1) is 13.7. The number of aryl methyl sites for hydroxylation is 2. The second kappa shape index (κ2) is 6.01. The average Bonchev–Trinajstić information content (AvgIpc) is 3.01. The van der Waals surface area contributed by atoms with Crippen molar-refractivity contribution in [2.75, 3.05) is 0 Å². The fourth-order valence-electron chi connectivity index (χ4n) is 2.60. The molecule has 1 aromatic carbocycles. The number of nitrogens with one attached hydrogen (secondary N) is 1. The molecule has 1 aliphatic rings. The van der Waals surface area contributed by atoms with Crippen LogP contribution in [-0.2, 0) is 19.4 Å². The maximum absolute atomic E-state index is 11.3. The number of carbonyl (C=O) groups excluding carboxylic acids is 1. The Kier molecular flexibility index (Phi) is 3.92. The van der Waals surface area contributed by atoms with Gasteiger partial charge in [-0.3, -0.25) is 10.2 Å². The van der Waals surface area contributed by atoms with Gasteiger partial charge in [-0.1, -0.05) is 6.07 Å². The molecule has 21 heavy (non-hydrogen) atoms. The molecule has 1 aromatic heterocycles. The molecule has 0 saturated heterocycles. The van der Waals surface area contributed by atoms with E-state index in [1.807, 2.05) is 11.5 Å². The van der Waals surface area contributed by atoms with E-state index in [0.717, 1.165) is 18.6 Å².